The Morgan fingerprint density at radius 3 is 2.79 bits per heavy atom. The maximum atomic E-state index is 12.0. The summed E-state index contributed by atoms with van der Waals surface area (Å²) in [6.07, 6.45) is 2.67. The Balaban J connectivity index is 2.64. The van der Waals surface area contributed by atoms with E-state index in [0.29, 0.717) is 18.7 Å². The number of pyridine rings is 1. The second-order valence-electron chi connectivity index (χ2n) is 4.69. The van der Waals surface area contributed by atoms with Gasteiger partial charge in [-0.15, -0.1) is 0 Å². The Morgan fingerprint density at radius 1 is 1.42 bits per heavy atom. The van der Waals surface area contributed by atoms with Gasteiger partial charge in [0.1, 0.15) is 5.69 Å². The number of aromatic nitrogens is 1. The fourth-order valence-corrected chi connectivity index (χ4v) is 2.06. The van der Waals surface area contributed by atoms with Gasteiger partial charge >= 0.3 is 0 Å². The van der Waals surface area contributed by atoms with E-state index < -0.39 is 0 Å². The highest BCUT2D eigenvalue weighted by molar-refractivity contribution is 5.92. The van der Waals surface area contributed by atoms with Crippen molar-refractivity contribution in [2.45, 2.75) is 26.2 Å². The molecule has 19 heavy (non-hydrogen) atoms. The van der Waals surface area contributed by atoms with Crippen LogP contribution < -0.4 is 10.9 Å². The van der Waals surface area contributed by atoms with Crippen molar-refractivity contribution in [3.8, 4) is 0 Å². The summed E-state index contributed by atoms with van der Waals surface area (Å²) in [6.45, 7) is 2.73. The number of aliphatic hydroxyl groups excluding tert-OH is 1. The SMILES string of the molecule is CCCC(CCO)CNC(=O)c1cccc(=O)n1C. The number of amides is 1. The van der Waals surface area contributed by atoms with E-state index in [2.05, 4.69) is 12.2 Å². The topological polar surface area (TPSA) is 71.3 Å². The molecule has 5 heteroatoms. The Morgan fingerprint density at radius 2 is 2.16 bits per heavy atom. The fourth-order valence-electron chi connectivity index (χ4n) is 2.06. The molecule has 0 aliphatic carbocycles. The molecule has 0 radical (unpaired) electrons. The van der Waals surface area contributed by atoms with Crippen LogP contribution in [0.1, 0.15) is 36.7 Å². The highest BCUT2D eigenvalue weighted by Crippen LogP contribution is 2.09. The number of nitrogens with one attached hydrogen (secondary N) is 1. The van der Waals surface area contributed by atoms with Gasteiger partial charge in [-0.3, -0.25) is 9.59 Å². The van der Waals surface area contributed by atoms with Crippen LogP contribution >= 0.6 is 0 Å². The first-order valence-electron chi connectivity index (χ1n) is 6.65. The molecule has 0 spiro atoms. The standard InChI is InChI=1S/C14H22N2O3/c1-3-5-11(8-9-17)10-15-14(19)12-6-4-7-13(18)16(12)2/h4,6-7,11,17H,3,5,8-10H2,1-2H3,(H,15,19). The average Bonchev–Trinajstić information content (AvgIpc) is 2.39. The third-order valence-electron chi connectivity index (χ3n) is 3.20. The molecule has 0 aliphatic heterocycles. The minimum absolute atomic E-state index is 0.129. The average molecular weight is 266 g/mol. The van der Waals surface area contributed by atoms with E-state index in [4.69, 9.17) is 5.11 Å². The Bertz CT molecular complexity index is 462. The zero-order valence-electron chi connectivity index (χ0n) is 11.6. The summed E-state index contributed by atoms with van der Waals surface area (Å²) in [5.41, 5.74) is 0.153. The lowest BCUT2D eigenvalue weighted by Gasteiger charge is -2.16. The van der Waals surface area contributed by atoms with Crippen molar-refractivity contribution >= 4 is 5.91 Å². The van der Waals surface area contributed by atoms with E-state index in [0.717, 1.165) is 12.8 Å². The van der Waals surface area contributed by atoms with Crippen LogP contribution in [-0.2, 0) is 7.05 Å². The summed E-state index contributed by atoms with van der Waals surface area (Å²) in [5, 5.41) is 11.8. The second-order valence-corrected chi connectivity index (χ2v) is 4.69. The van der Waals surface area contributed by atoms with Crippen LogP contribution in [0.15, 0.2) is 23.0 Å². The van der Waals surface area contributed by atoms with Gasteiger partial charge < -0.3 is 15.0 Å². The van der Waals surface area contributed by atoms with E-state index in [1.54, 1.807) is 19.2 Å². The first-order valence-corrected chi connectivity index (χ1v) is 6.65. The van der Waals surface area contributed by atoms with Crippen molar-refractivity contribution < 1.29 is 9.90 Å². The van der Waals surface area contributed by atoms with E-state index in [1.165, 1.54) is 10.6 Å². The molecule has 106 valence electrons. The molecule has 0 aliphatic rings. The molecule has 0 saturated carbocycles. The number of aliphatic hydroxyl groups is 1. The molecule has 1 rings (SSSR count). The van der Waals surface area contributed by atoms with Crippen molar-refractivity contribution in [1.82, 2.24) is 9.88 Å². The maximum absolute atomic E-state index is 12.0. The first kappa shape index (κ1) is 15.4. The monoisotopic (exact) mass is 266 g/mol. The van der Waals surface area contributed by atoms with Crippen molar-refractivity contribution in [1.29, 1.82) is 0 Å². The highest BCUT2D eigenvalue weighted by atomic mass is 16.3. The molecule has 0 aromatic carbocycles. The van der Waals surface area contributed by atoms with Crippen LogP contribution in [0.2, 0.25) is 0 Å². The molecule has 2 N–H and O–H groups in total. The third-order valence-corrected chi connectivity index (χ3v) is 3.20. The minimum Gasteiger partial charge on any atom is -0.396 e. The molecule has 5 nitrogen and oxygen atoms in total. The summed E-state index contributed by atoms with van der Waals surface area (Å²) >= 11 is 0. The fraction of sp³-hybridized carbons (Fsp3) is 0.571. The molecule has 1 amide bonds. The van der Waals surface area contributed by atoms with Crippen molar-refractivity contribution in [2.75, 3.05) is 13.2 Å². The zero-order chi connectivity index (χ0) is 14.3. The van der Waals surface area contributed by atoms with Gasteiger partial charge in [-0.2, -0.15) is 0 Å². The van der Waals surface area contributed by atoms with Crippen molar-refractivity contribution in [3.05, 3.63) is 34.2 Å². The van der Waals surface area contributed by atoms with Crippen LogP contribution in [0.5, 0.6) is 0 Å². The Hall–Kier alpha value is -1.62. The maximum Gasteiger partial charge on any atom is 0.268 e. The van der Waals surface area contributed by atoms with Gasteiger partial charge in [0, 0.05) is 26.3 Å². The summed E-state index contributed by atoms with van der Waals surface area (Å²) in [4.78, 5) is 23.4. The predicted octanol–water partition coefficient (Wildman–Crippen LogP) is 0.914. The summed E-state index contributed by atoms with van der Waals surface area (Å²) in [6, 6.07) is 4.62. The van der Waals surface area contributed by atoms with E-state index in [9.17, 15) is 9.59 Å². The number of rotatable bonds is 7. The second kappa shape index (κ2) is 7.74. The zero-order valence-corrected chi connectivity index (χ0v) is 11.6. The number of hydrogen-bond donors (Lipinski definition) is 2. The summed E-state index contributed by atoms with van der Waals surface area (Å²) < 4.78 is 1.33. The van der Waals surface area contributed by atoms with Crippen LogP contribution in [0.4, 0.5) is 0 Å². The molecular weight excluding hydrogens is 244 g/mol. The molecule has 1 atom stereocenters. The van der Waals surface area contributed by atoms with E-state index in [1.807, 2.05) is 0 Å². The van der Waals surface area contributed by atoms with Gasteiger partial charge in [0.05, 0.1) is 0 Å². The highest BCUT2D eigenvalue weighted by Gasteiger charge is 2.12. The number of hydrogen-bond acceptors (Lipinski definition) is 3. The molecule has 0 bridgehead atoms. The molecule has 0 saturated heterocycles. The lowest BCUT2D eigenvalue weighted by molar-refractivity contribution is 0.0933. The van der Waals surface area contributed by atoms with E-state index in [-0.39, 0.29) is 24.0 Å². The molecule has 1 heterocycles. The summed E-state index contributed by atoms with van der Waals surface area (Å²) in [5.74, 6) is 0.0268. The van der Waals surface area contributed by atoms with Crippen molar-refractivity contribution in [3.63, 3.8) is 0 Å². The van der Waals surface area contributed by atoms with Gasteiger partial charge in [-0.1, -0.05) is 19.4 Å². The number of carbonyl (C=O) groups is 1. The van der Waals surface area contributed by atoms with Crippen LogP contribution in [0, 0.1) is 5.92 Å². The van der Waals surface area contributed by atoms with Crippen LogP contribution in [-0.4, -0.2) is 28.7 Å². The van der Waals surface area contributed by atoms with Crippen molar-refractivity contribution in [2.24, 2.45) is 13.0 Å². The van der Waals surface area contributed by atoms with Gasteiger partial charge in [-0.25, -0.2) is 0 Å². The number of carbonyl (C=O) groups excluding carboxylic acids is 1. The Kier molecular flexibility index (Phi) is 6.29. The van der Waals surface area contributed by atoms with Gasteiger partial charge in [-0.05, 0) is 24.8 Å². The van der Waals surface area contributed by atoms with Gasteiger partial charge in [0.2, 0.25) is 0 Å². The van der Waals surface area contributed by atoms with E-state index >= 15 is 0 Å². The molecule has 0 fully saturated rings. The molecule has 1 aromatic rings. The largest absolute Gasteiger partial charge is 0.396 e. The predicted molar refractivity (Wildman–Crippen MR) is 74.1 cm³/mol. The lowest BCUT2D eigenvalue weighted by atomic mass is 10.0. The molecule has 1 unspecified atom stereocenters. The van der Waals surface area contributed by atoms with Gasteiger partial charge in [0.25, 0.3) is 11.5 Å². The minimum atomic E-state index is -0.251. The Labute approximate surface area is 113 Å². The van der Waals surface area contributed by atoms with Crippen LogP contribution in [0.25, 0.3) is 0 Å². The molecule has 1 aromatic heterocycles. The van der Waals surface area contributed by atoms with Crippen LogP contribution in [0.3, 0.4) is 0 Å². The smallest absolute Gasteiger partial charge is 0.268 e. The third kappa shape index (κ3) is 4.52. The molecular formula is C14H22N2O3. The lowest BCUT2D eigenvalue weighted by Crippen LogP contribution is -2.33. The summed E-state index contributed by atoms with van der Waals surface area (Å²) in [7, 11) is 1.58. The number of nitrogens with zero attached hydrogens (tertiary/aromatic N) is 1. The normalized spacial score (nSPS) is 12.2. The quantitative estimate of drug-likeness (QED) is 0.770. The van der Waals surface area contributed by atoms with Gasteiger partial charge in [0.15, 0.2) is 0 Å². The first-order chi connectivity index (χ1) is 9.10.